The van der Waals surface area contributed by atoms with E-state index in [4.69, 9.17) is 0 Å². The molecule has 0 rings (SSSR count). The summed E-state index contributed by atoms with van der Waals surface area (Å²) in [6.45, 7) is 4.71. The summed E-state index contributed by atoms with van der Waals surface area (Å²) in [4.78, 5) is 4.01. The minimum Gasteiger partial charge on any atom is -0.357 e. The molecule has 0 heterocycles. The van der Waals surface area contributed by atoms with Gasteiger partial charge in [-0.3, -0.25) is 4.99 Å². The third-order valence-corrected chi connectivity index (χ3v) is 2.85. The monoisotopic (exact) mass is 363 g/mol. The highest BCUT2D eigenvalue weighted by molar-refractivity contribution is 14.0. The van der Waals surface area contributed by atoms with Crippen molar-refractivity contribution < 1.29 is 8.42 Å². The van der Waals surface area contributed by atoms with Crippen molar-refractivity contribution in [1.29, 1.82) is 0 Å². The van der Waals surface area contributed by atoms with Crippen LogP contribution in [-0.4, -0.2) is 46.0 Å². The second-order valence-electron chi connectivity index (χ2n) is 3.57. The van der Waals surface area contributed by atoms with Crippen LogP contribution in [0.5, 0.6) is 0 Å². The van der Waals surface area contributed by atoms with Crippen LogP contribution in [0, 0.1) is 0 Å². The number of hydrogen-bond donors (Lipinski definition) is 2. The molecule has 0 amide bonds. The van der Waals surface area contributed by atoms with Gasteiger partial charge in [-0.15, -0.1) is 24.0 Å². The maximum Gasteiger partial charge on any atom is 0.191 e. The van der Waals surface area contributed by atoms with E-state index in [1.165, 1.54) is 6.26 Å². The molecule has 1 atom stereocenters. The van der Waals surface area contributed by atoms with Gasteiger partial charge in [0, 0.05) is 25.9 Å². The van der Waals surface area contributed by atoms with Crippen molar-refractivity contribution in [2.24, 2.45) is 4.99 Å². The van der Waals surface area contributed by atoms with Gasteiger partial charge in [0.25, 0.3) is 0 Å². The second-order valence-corrected chi connectivity index (χ2v) is 5.83. The van der Waals surface area contributed by atoms with Crippen molar-refractivity contribution >= 4 is 39.8 Å². The molecule has 0 aliphatic rings. The summed E-state index contributed by atoms with van der Waals surface area (Å²) in [5.74, 6) is 0.906. The van der Waals surface area contributed by atoms with Crippen LogP contribution < -0.4 is 10.6 Å². The van der Waals surface area contributed by atoms with Crippen LogP contribution in [0.15, 0.2) is 4.99 Å². The van der Waals surface area contributed by atoms with Gasteiger partial charge in [0.2, 0.25) is 0 Å². The number of aliphatic imine (C=N–C) groups is 1. The number of rotatable bonds is 5. The van der Waals surface area contributed by atoms with Crippen LogP contribution in [0.4, 0.5) is 0 Å². The molecular weight excluding hydrogens is 341 g/mol. The maximum absolute atomic E-state index is 10.9. The first-order valence-electron chi connectivity index (χ1n) is 5.04. The minimum atomic E-state index is -2.87. The standard InChI is InChI=1S/C9H21N3O2S.HI/c1-5-11-9(10-3)12-8(2)6-7-15(4,13)14;/h8H,5-7H2,1-4H3,(H2,10,11,12);1H. The smallest absolute Gasteiger partial charge is 0.191 e. The van der Waals surface area contributed by atoms with Crippen LogP contribution in [-0.2, 0) is 9.84 Å². The molecule has 0 aromatic rings. The summed E-state index contributed by atoms with van der Waals surface area (Å²) >= 11 is 0. The molecule has 0 radical (unpaired) electrons. The Morgan fingerprint density at radius 1 is 1.44 bits per heavy atom. The molecule has 0 bridgehead atoms. The van der Waals surface area contributed by atoms with E-state index in [9.17, 15) is 8.42 Å². The number of hydrogen-bond acceptors (Lipinski definition) is 3. The Hall–Kier alpha value is -0.0500. The summed E-state index contributed by atoms with van der Waals surface area (Å²) in [5, 5.41) is 6.16. The van der Waals surface area contributed by atoms with Gasteiger partial charge in [0.05, 0.1) is 5.75 Å². The van der Waals surface area contributed by atoms with E-state index in [0.717, 1.165) is 6.54 Å². The third-order valence-electron chi connectivity index (χ3n) is 1.87. The van der Waals surface area contributed by atoms with E-state index in [-0.39, 0.29) is 35.8 Å². The highest BCUT2D eigenvalue weighted by Crippen LogP contribution is 1.95. The largest absolute Gasteiger partial charge is 0.357 e. The van der Waals surface area contributed by atoms with Gasteiger partial charge in [0.1, 0.15) is 9.84 Å². The summed E-state index contributed by atoms with van der Waals surface area (Å²) in [7, 11) is -1.19. The van der Waals surface area contributed by atoms with Crippen molar-refractivity contribution in [3.8, 4) is 0 Å². The first kappa shape index (κ1) is 18.3. The normalized spacial score (nSPS) is 13.9. The Kier molecular flexibility index (Phi) is 10.3. The van der Waals surface area contributed by atoms with Crippen LogP contribution in [0.25, 0.3) is 0 Å². The molecule has 7 heteroatoms. The highest BCUT2D eigenvalue weighted by atomic mass is 127. The van der Waals surface area contributed by atoms with Crippen LogP contribution >= 0.6 is 24.0 Å². The summed E-state index contributed by atoms with van der Waals surface area (Å²) in [6, 6.07) is 0.0949. The summed E-state index contributed by atoms with van der Waals surface area (Å²) in [6.07, 6.45) is 1.84. The van der Waals surface area contributed by atoms with Crippen LogP contribution in [0.1, 0.15) is 20.3 Å². The lowest BCUT2D eigenvalue weighted by Crippen LogP contribution is -2.42. The maximum atomic E-state index is 10.9. The molecule has 2 N–H and O–H groups in total. The van der Waals surface area contributed by atoms with E-state index in [1.54, 1.807) is 7.05 Å². The average molecular weight is 363 g/mol. The van der Waals surface area contributed by atoms with E-state index < -0.39 is 9.84 Å². The molecule has 0 fully saturated rings. The predicted octanol–water partition coefficient (Wildman–Crippen LogP) is 0.613. The molecule has 0 saturated heterocycles. The Morgan fingerprint density at radius 2 is 2.00 bits per heavy atom. The van der Waals surface area contributed by atoms with Crippen molar-refractivity contribution in [2.75, 3.05) is 25.6 Å². The van der Waals surface area contributed by atoms with Crippen molar-refractivity contribution in [1.82, 2.24) is 10.6 Å². The minimum absolute atomic E-state index is 0. The van der Waals surface area contributed by atoms with Gasteiger partial charge in [-0.05, 0) is 20.3 Å². The lowest BCUT2D eigenvalue weighted by Gasteiger charge is -2.16. The van der Waals surface area contributed by atoms with Gasteiger partial charge < -0.3 is 10.6 Å². The third kappa shape index (κ3) is 10.5. The summed E-state index contributed by atoms with van der Waals surface area (Å²) < 4.78 is 21.9. The number of guanidine groups is 1. The zero-order chi connectivity index (χ0) is 11.9. The van der Waals surface area contributed by atoms with Gasteiger partial charge in [-0.1, -0.05) is 0 Å². The van der Waals surface area contributed by atoms with E-state index in [1.807, 2.05) is 13.8 Å². The molecule has 98 valence electrons. The predicted molar refractivity (Wildman–Crippen MR) is 79.4 cm³/mol. The van der Waals surface area contributed by atoms with E-state index in [0.29, 0.717) is 12.4 Å². The fourth-order valence-electron chi connectivity index (χ4n) is 1.06. The molecule has 0 aliphatic carbocycles. The first-order chi connectivity index (χ1) is 6.89. The molecule has 0 spiro atoms. The fourth-order valence-corrected chi connectivity index (χ4v) is 1.84. The van der Waals surface area contributed by atoms with Gasteiger partial charge in [-0.2, -0.15) is 0 Å². The zero-order valence-electron chi connectivity index (χ0n) is 10.3. The summed E-state index contributed by atoms with van der Waals surface area (Å²) in [5.41, 5.74) is 0. The lowest BCUT2D eigenvalue weighted by atomic mass is 10.3. The fraction of sp³-hybridized carbons (Fsp3) is 0.889. The van der Waals surface area contributed by atoms with Crippen LogP contribution in [0.3, 0.4) is 0 Å². The molecule has 0 aromatic heterocycles. The molecule has 1 unspecified atom stereocenters. The number of sulfone groups is 1. The highest BCUT2D eigenvalue weighted by Gasteiger charge is 2.08. The Morgan fingerprint density at radius 3 is 2.38 bits per heavy atom. The number of nitrogens with one attached hydrogen (secondary N) is 2. The second kappa shape index (κ2) is 9.03. The molecule has 0 saturated carbocycles. The molecule has 16 heavy (non-hydrogen) atoms. The van der Waals surface area contributed by atoms with E-state index in [2.05, 4.69) is 15.6 Å². The van der Waals surface area contributed by atoms with Crippen molar-refractivity contribution in [2.45, 2.75) is 26.3 Å². The first-order valence-corrected chi connectivity index (χ1v) is 7.10. The van der Waals surface area contributed by atoms with Gasteiger partial charge in [0.15, 0.2) is 5.96 Å². The van der Waals surface area contributed by atoms with Crippen molar-refractivity contribution in [3.63, 3.8) is 0 Å². The topological polar surface area (TPSA) is 70.6 Å². The average Bonchev–Trinajstić information content (AvgIpc) is 2.13. The Bertz CT molecular complexity index is 304. The zero-order valence-corrected chi connectivity index (χ0v) is 13.4. The molecule has 0 aromatic carbocycles. The van der Waals surface area contributed by atoms with Gasteiger partial charge in [-0.25, -0.2) is 8.42 Å². The van der Waals surface area contributed by atoms with E-state index >= 15 is 0 Å². The quantitative estimate of drug-likeness (QED) is 0.427. The molecule has 0 aliphatic heterocycles. The Balaban J connectivity index is 0. The Labute approximate surface area is 115 Å². The number of halogens is 1. The van der Waals surface area contributed by atoms with Crippen LogP contribution in [0.2, 0.25) is 0 Å². The molecular formula is C9H22IN3O2S. The SMILES string of the molecule is CCNC(=NC)NC(C)CCS(C)(=O)=O.I. The van der Waals surface area contributed by atoms with Crippen molar-refractivity contribution in [3.05, 3.63) is 0 Å². The number of nitrogens with zero attached hydrogens (tertiary/aromatic N) is 1. The molecule has 5 nitrogen and oxygen atoms in total. The van der Waals surface area contributed by atoms with Gasteiger partial charge >= 0.3 is 0 Å². The lowest BCUT2D eigenvalue weighted by molar-refractivity contribution is 0.581.